The van der Waals surface area contributed by atoms with Crippen LogP contribution in [-0.4, -0.2) is 55.8 Å². The highest BCUT2D eigenvalue weighted by molar-refractivity contribution is 5.79. The molecule has 0 aliphatic carbocycles. The second kappa shape index (κ2) is 8.19. The summed E-state index contributed by atoms with van der Waals surface area (Å²) >= 11 is 0. The van der Waals surface area contributed by atoms with Gasteiger partial charge in [-0.2, -0.15) is 0 Å². The van der Waals surface area contributed by atoms with E-state index < -0.39 is 0 Å². The third-order valence-electron chi connectivity index (χ3n) is 5.42. The first-order valence-corrected chi connectivity index (χ1v) is 9.46. The van der Waals surface area contributed by atoms with E-state index in [0.29, 0.717) is 6.10 Å². The fourth-order valence-corrected chi connectivity index (χ4v) is 3.66. The maximum absolute atomic E-state index is 5.67. The van der Waals surface area contributed by atoms with E-state index in [0.717, 1.165) is 51.6 Å². The minimum Gasteiger partial charge on any atom is -0.376 e. The van der Waals surface area contributed by atoms with Crippen LogP contribution in [0.3, 0.4) is 0 Å². The second-order valence-corrected chi connectivity index (χ2v) is 7.69. The van der Waals surface area contributed by atoms with Crippen LogP contribution in [0.5, 0.6) is 0 Å². The standard InChI is InChI=1S/C20H32N4O/c1-20(2,24-11-10-16-7-4-5-8-17(16)14-24)15-23-19(21-3)22-13-18-9-6-12-25-18/h4-5,7-8,18H,6,9-15H2,1-3H3,(H2,21,22,23). The first-order valence-electron chi connectivity index (χ1n) is 9.46. The summed E-state index contributed by atoms with van der Waals surface area (Å²) in [6, 6.07) is 8.80. The molecule has 1 aromatic carbocycles. The van der Waals surface area contributed by atoms with Gasteiger partial charge in [0.25, 0.3) is 0 Å². The van der Waals surface area contributed by atoms with Crippen molar-refractivity contribution in [3.8, 4) is 0 Å². The van der Waals surface area contributed by atoms with Gasteiger partial charge in [-0.25, -0.2) is 0 Å². The first kappa shape index (κ1) is 18.2. The smallest absolute Gasteiger partial charge is 0.191 e. The molecule has 3 rings (SSSR count). The third kappa shape index (κ3) is 4.73. The molecular formula is C20H32N4O. The normalized spacial score (nSPS) is 21.9. The van der Waals surface area contributed by atoms with Crippen molar-refractivity contribution in [2.24, 2.45) is 4.99 Å². The molecule has 5 heteroatoms. The predicted molar refractivity (Wildman–Crippen MR) is 103 cm³/mol. The largest absolute Gasteiger partial charge is 0.376 e. The fraction of sp³-hybridized carbons (Fsp3) is 0.650. The van der Waals surface area contributed by atoms with Crippen molar-refractivity contribution in [3.63, 3.8) is 0 Å². The van der Waals surface area contributed by atoms with E-state index in [2.05, 4.69) is 58.6 Å². The highest BCUT2D eigenvalue weighted by Gasteiger charge is 2.29. The van der Waals surface area contributed by atoms with E-state index in [1.807, 2.05) is 7.05 Å². The molecule has 0 saturated carbocycles. The molecule has 2 heterocycles. The molecule has 1 fully saturated rings. The van der Waals surface area contributed by atoms with E-state index >= 15 is 0 Å². The van der Waals surface area contributed by atoms with Crippen LogP contribution in [0.15, 0.2) is 29.3 Å². The molecule has 0 aromatic heterocycles. The summed E-state index contributed by atoms with van der Waals surface area (Å²) in [5, 5.41) is 6.89. The van der Waals surface area contributed by atoms with Crippen LogP contribution in [0.25, 0.3) is 0 Å². The van der Waals surface area contributed by atoms with Crippen LogP contribution in [0.2, 0.25) is 0 Å². The van der Waals surface area contributed by atoms with Crippen molar-refractivity contribution in [3.05, 3.63) is 35.4 Å². The second-order valence-electron chi connectivity index (χ2n) is 7.69. The highest BCUT2D eigenvalue weighted by atomic mass is 16.5. The van der Waals surface area contributed by atoms with Gasteiger partial charge in [-0.1, -0.05) is 24.3 Å². The Morgan fingerprint density at radius 3 is 2.80 bits per heavy atom. The lowest BCUT2D eigenvalue weighted by atomic mass is 9.94. The molecule has 0 bridgehead atoms. The molecule has 0 radical (unpaired) electrons. The number of fused-ring (bicyclic) bond motifs is 1. The quantitative estimate of drug-likeness (QED) is 0.635. The molecule has 2 aliphatic rings. The maximum Gasteiger partial charge on any atom is 0.191 e. The van der Waals surface area contributed by atoms with Crippen LogP contribution in [0, 0.1) is 0 Å². The summed E-state index contributed by atoms with van der Waals surface area (Å²) in [6.45, 7) is 9.32. The molecule has 138 valence electrons. The van der Waals surface area contributed by atoms with Gasteiger partial charge < -0.3 is 15.4 Å². The van der Waals surface area contributed by atoms with Gasteiger partial charge in [-0.05, 0) is 44.2 Å². The summed E-state index contributed by atoms with van der Waals surface area (Å²) in [7, 11) is 1.83. The molecule has 0 spiro atoms. The van der Waals surface area contributed by atoms with E-state index in [4.69, 9.17) is 4.74 Å². The lowest BCUT2D eigenvalue weighted by molar-refractivity contribution is 0.106. The van der Waals surface area contributed by atoms with Gasteiger partial charge in [-0.15, -0.1) is 0 Å². The van der Waals surface area contributed by atoms with Gasteiger partial charge in [0.15, 0.2) is 5.96 Å². The van der Waals surface area contributed by atoms with Crippen LogP contribution < -0.4 is 10.6 Å². The number of ether oxygens (including phenoxy) is 1. The molecule has 5 nitrogen and oxygen atoms in total. The number of rotatable bonds is 5. The van der Waals surface area contributed by atoms with E-state index in [-0.39, 0.29) is 5.54 Å². The number of aliphatic imine (C=N–C) groups is 1. The van der Waals surface area contributed by atoms with Crippen molar-refractivity contribution in [1.82, 2.24) is 15.5 Å². The molecule has 1 saturated heterocycles. The summed E-state index contributed by atoms with van der Waals surface area (Å²) < 4.78 is 5.67. The molecule has 0 amide bonds. The van der Waals surface area contributed by atoms with Gasteiger partial charge in [0.05, 0.1) is 6.10 Å². The average Bonchev–Trinajstić information content (AvgIpc) is 3.15. The Morgan fingerprint density at radius 1 is 1.28 bits per heavy atom. The van der Waals surface area contributed by atoms with Crippen LogP contribution in [0.4, 0.5) is 0 Å². The minimum absolute atomic E-state index is 0.0645. The van der Waals surface area contributed by atoms with Crippen molar-refractivity contribution in [2.45, 2.75) is 51.3 Å². The number of nitrogens with one attached hydrogen (secondary N) is 2. The van der Waals surface area contributed by atoms with Gasteiger partial charge in [-0.3, -0.25) is 9.89 Å². The number of hydrogen-bond donors (Lipinski definition) is 2. The summed E-state index contributed by atoms with van der Waals surface area (Å²) in [5.74, 6) is 0.862. The maximum atomic E-state index is 5.67. The van der Waals surface area contributed by atoms with Crippen LogP contribution in [0.1, 0.15) is 37.8 Å². The zero-order chi connectivity index (χ0) is 17.7. The monoisotopic (exact) mass is 344 g/mol. The lowest BCUT2D eigenvalue weighted by Gasteiger charge is -2.42. The Bertz CT molecular complexity index is 593. The van der Waals surface area contributed by atoms with Crippen molar-refractivity contribution < 1.29 is 4.74 Å². The van der Waals surface area contributed by atoms with E-state index in [1.165, 1.54) is 17.5 Å². The Labute approximate surface area is 151 Å². The third-order valence-corrected chi connectivity index (χ3v) is 5.42. The van der Waals surface area contributed by atoms with Crippen LogP contribution >= 0.6 is 0 Å². The molecule has 1 aromatic rings. The minimum atomic E-state index is 0.0645. The fourth-order valence-electron chi connectivity index (χ4n) is 3.66. The Kier molecular flexibility index (Phi) is 5.97. The van der Waals surface area contributed by atoms with Gasteiger partial charge in [0.1, 0.15) is 0 Å². The molecule has 2 aliphatic heterocycles. The Hall–Kier alpha value is -1.59. The Balaban J connectivity index is 1.50. The van der Waals surface area contributed by atoms with E-state index in [1.54, 1.807) is 0 Å². The molecule has 25 heavy (non-hydrogen) atoms. The highest BCUT2D eigenvalue weighted by Crippen LogP contribution is 2.24. The average molecular weight is 345 g/mol. The SMILES string of the molecule is CN=C(NCC1CCCO1)NCC(C)(C)N1CCc2ccccc2C1. The van der Waals surface area contributed by atoms with E-state index in [9.17, 15) is 0 Å². The summed E-state index contributed by atoms with van der Waals surface area (Å²) in [5.41, 5.74) is 3.02. The molecule has 1 unspecified atom stereocenters. The van der Waals surface area contributed by atoms with Gasteiger partial charge >= 0.3 is 0 Å². The topological polar surface area (TPSA) is 48.9 Å². The van der Waals surface area contributed by atoms with Crippen LogP contribution in [-0.2, 0) is 17.7 Å². The van der Waals surface area contributed by atoms with Crippen molar-refractivity contribution >= 4 is 5.96 Å². The zero-order valence-corrected chi connectivity index (χ0v) is 15.8. The van der Waals surface area contributed by atoms with Gasteiger partial charge in [0, 0.05) is 45.4 Å². The first-order chi connectivity index (χ1) is 12.1. The number of hydrogen-bond acceptors (Lipinski definition) is 3. The predicted octanol–water partition coefficient (Wildman–Crippen LogP) is 2.17. The number of benzene rings is 1. The van der Waals surface area contributed by atoms with Crippen molar-refractivity contribution in [1.29, 1.82) is 0 Å². The summed E-state index contributed by atoms with van der Waals surface area (Å²) in [4.78, 5) is 6.92. The molecule has 2 N–H and O–H groups in total. The zero-order valence-electron chi connectivity index (χ0n) is 15.8. The number of guanidine groups is 1. The van der Waals surface area contributed by atoms with Gasteiger partial charge in [0.2, 0.25) is 0 Å². The molecular weight excluding hydrogens is 312 g/mol. The summed E-state index contributed by atoms with van der Waals surface area (Å²) in [6.07, 6.45) is 3.76. The lowest BCUT2D eigenvalue weighted by Crippen LogP contribution is -2.55. The van der Waals surface area contributed by atoms with Crippen molar-refractivity contribution in [2.75, 3.05) is 33.3 Å². The number of nitrogens with zero attached hydrogens (tertiary/aromatic N) is 2. The Morgan fingerprint density at radius 2 is 2.08 bits per heavy atom. The molecule has 1 atom stereocenters.